The number of hydrogen-bond acceptors (Lipinski definition) is 20. The summed E-state index contributed by atoms with van der Waals surface area (Å²) in [6.07, 6.45) is -18.1. The molecule has 23 heteroatoms. The summed E-state index contributed by atoms with van der Waals surface area (Å²) in [5.41, 5.74) is 3.73. The molecule has 12 atom stereocenters. The summed E-state index contributed by atoms with van der Waals surface area (Å²) >= 11 is 0. The number of carboxylic acids is 1. The monoisotopic (exact) mass is 958 g/mol. The summed E-state index contributed by atoms with van der Waals surface area (Å²) in [6, 6.07) is 11.7. The number of amides is 2. The molecule has 2 fully saturated rings. The van der Waals surface area contributed by atoms with Gasteiger partial charge in [-0.2, -0.15) is 0 Å². The highest BCUT2D eigenvalue weighted by Gasteiger charge is 2.57. The number of fused-ring (bicyclic) bond motifs is 3. The molecular formula is C45H54N2O21. The minimum absolute atomic E-state index is 0.161. The summed E-state index contributed by atoms with van der Waals surface area (Å²) < 4.78 is 63.1. The van der Waals surface area contributed by atoms with Crippen LogP contribution in [0.15, 0.2) is 48.5 Å². The predicted molar refractivity (Wildman–Crippen MR) is 225 cm³/mol. The average molecular weight is 959 g/mol. The highest BCUT2D eigenvalue weighted by atomic mass is 16.8. The van der Waals surface area contributed by atoms with E-state index in [1.807, 2.05) is 48.5 Å². The lowest BCUT2D eigenvalue weighted by Gasteiger charge is -2.49. The zero-order valence-corrected chi connectivity index (χ0v) is 38.4. The molecule has 1 aliphatic carbocycles. The van der Waals surface area contributed by atoms with E-state index in [2.05, 4.69) is 10.6 Å². The van der Waals surface area contributed by atoms with Crippen molar-refractivity contribution >= 4 is 53.8 Å². The molecule has 2 amide bonds. The number of alkyl carbamates (subject to hydrolysis) is 1. The van der Waals surface area contributed by atoms with Gasteiger partial charge in [0.2, 0.25) is 5.91 Å². The van der Waals surface area contributed by atoms with Gasteiger partial charge in [-0.3, -0.25) is 33.6 Å². The molecule has 0 spiro atoms. The third-order valence-electron chi connectivity index (χ3n) is 10.7. The number of aliphatic carboxylic acids is 1. The van der Waals surface area contributed by atoms with Crippen molar-refractivity contribution in [2.45, 2.75) is 135 Å². The van der Waals surface area contributed by atoms with E-state index in [1.54, 1.807) is 0 Å². The van der Waals surface area contributed by atoms with Crippen LogP contribution in [0, 0.1) is 0 Å². The zero-order valence-electron chi connectivity index (χ0n) is 38.4. The van der Waals surface area contributed by atoms with Crippen molar-refractivity contribution in [2.75, 3.05) is 19.8 Å². The van der Waals surface area contributed by atoms with Gasteiger partial charge in [-0.15, -0.1) is 0 Å². The number of nitrogens with one attached hydrogen (secondary N) is 2. The fourth-order valence-corrected chi connectivity index (χ4v) is 8.13. The number of benzene rings is 2. The first kappa shape index (κ1) is 52.3. The first-order valence-corrected chi connectivity index (χ1v) is 21.3. The van der Waals surface area contributed by atoms with Crippen LogP contribution in [0.3, 0.4) is 0 Å². The van der Waals surface area contributed by atoms with Crippen LogP contribution in [-0.2, 0) is 90.5 Å². The number of carboxylic acid groups (broad SMARTS) is 1. The van der Waals surface area contributed by atoms with E-state index in [4.69, 9.17) is 52.1 Å². The Balaban J connectivity index is 1.49. The molecule has 2 heterocycles. The number of carbonyl (C=O) groups is 9. The van der Waals surface area contributed by atoms with E-state index in [9.17, 15) is 48.3 Å². The van der Waals surface area contributed by atoms with Crippen LogP contribution in [-0.4, -0.2) is 152 Å². The van der Waals surface area contributed by atoms with E-state index >= 15 is 0 Å². The summed E-state index contributed by atoms with van der Waals surface area (Å²) in [5, 5.41) is 15.3. The first-order valence-electron chi connectivity index (χ1n) is 21.3. The lowest BCUT2D eigenvalue weighted by molar-refractivity contribution is -0.349. The largest absolute Gasteiger partial charge is 0.480 e. The molecule has 12 unspecified atom stereocenters. The van der Waals surface area contributed by atoms with Gasteiger partial charge in [-0.05, 0) is 29.2 Å². The van der Waals surface area contributed by atoms with Crippen molar-refractivity contribution in [3.8, 4) is 11.1 Å². The number of ether oxygens (including phenoxy) is 11. The quantitative estimate of drug-likeness (QED) is 0.141. The summed E-state index contributed by atoms with van der Waals surface area (Å²) in [6.45, 7) is 7.00. The molecule has 68 heavy (non-hydrogen) atoms. The SMILES string of the molecule is CC(=O)NC1C(OC(C)C(NC(=O)OCC2c3ccccc3-c3ccccc32)C(=O)O)OC(COC(C)=O)C(OC(C)=O)C1OC1OC(COC(C)=O)C(OC(C)=O)C(OC(C)=O)C1OC(C)=O. The maximum Gasteiger partial charge on any atom is 0.407 e. The molecule has 2 aliphatic heterocycles. The Hall–Kier alpha value is -6.69. The molecular weight excluding hydrogens is 904 g/mol. The van der Waals surface area contributed by atoms with E-state index in [0.29, 0.717) is 0 Å². The van der Waals surface area contributed by atoms with E-state index in [1.165, 1.54) is 6.92 Å². The second-order valence-electron chi connectivity index (χ2n) is 15.9. The Labute approximate surface area is 389 Å². The van der Waals surface area contributed by atoms with Gasteiger partial charge >= 0.3 is 47.9 Å². The molecule has 2 aromatic carbocycles. The van der Waals surface area contributed by atoms with Crippen molar-refractivity contribution in [3.05, 3.63) is 59.7 Å². The van der Waals surface area contributed by atoms with E-state index in [0.717, 1.165) is 70.7 Å². The van der Waals surface area contributed by atoms with Gasteiger partial charge in [0, 0.05) is 54.4 Å². The van der Waals surface area contributed by atoms with Crippen LogP contribution in [0.2, 0.25) is 0 Å². The van der Waals surface area contributed by atoms with E-state index < -0.39 is 140 Å². The number of carbonyl (C=O) groups excluding carboxylic acids is 8. The lowest BCUT2D eigenvalue weighted by atomic mass is 9.94. The maximum absolute atomic E-state index is 13.4. The maximum atomic E-state index is 13.4. The second kappa shape index (κ2) is 23.4. The molecule has 23 nitrogen and oxygen atoms in total. The Bertz CT molecular complexity index is 2170. The summed E-state index contributed by atoms with van der Waals surface area (Å²) in [7, 11) is 0. The predicted octanol–water partition coefficient (Wildman–Crippen LogP) is 1.58. The standard InChI is InChI=1S/C45H54N2O21/c1-20(35(42(55)56)47-45(57)60-17-32-30-15-11-9-13-28(30)29-14-10-12-16-31(29)32)61-43-36(46-21(2)48)39(37(62-24(5)51)33(66-43)18-58-22(3)49)68-44-41(65-27(8)54)40(64-26(7)53)38(63-25(6)52)34(67-44)19-59-23(4)50/h9-16,20,32-41,43-44H,17-19H2,1-8H3,(H,46,48)(H,47,57)(H,55,56). The third-order valence-corrected chi connectivity index (χ3v) is 10.7. The van der Waals surface area contributed by atoms with Gasteiger partial charge < -0.3 is 67.8 Å². The fourth-order valence-electron chi connectivity index (χ4n) is 8.13. The highest BCUT2D eigenvalue weighted by molar-refractivity contribution is 5.81. The Morgan fingerprint density at radius 1 is 0.574 bits per heavy atom. The molecule has 3 aliphatic rings. The van der Waals surface area contributed by atoms with Gasteiger partial charge in [-0.1, -0.05) is 48.5 Å². The fraction of sp³-hybridized carbons (Fsp3) is 0.533. The molecule has 370 valence electrons. The third kappa shape index (κ3) is 13.5. The van der Waals surface area contributed by atoms with E-state index in [-0.39, 0.29) is 12.5 Å². The molecule has 2 aromatic rings. The first-order chi connectivity index (χ1) is 32.1. The second-order valence-corrected chi connectivity index (χ2v) is 15.9. The number of rotatable bonds is 18. The van der Waals surface area contributed by atoms with Gasteiger partial charge in [0.15, 0.2) is 43.0 Å². The van der Waals surface area contributed by atoms with Crippen LogP contribution in [0.25, 0.3) is 11.1 Å². The van der Waals surface area contributed by atoms with Gasteiger partial charge in [0.1, 0.15) is 44.2 Å². The van der Waals surface area contributed by atoms with Crippen molar-refractivity contribution < 1.29 is 100 Å². The summed E-state index contributed by atoms with van der Waals surface area (Å²) in [5.74, 6) is -8.16. The number of esters is 6. The molecule has 0 bridgehead atoms. The van der Waals surface area contributed by atoms with Gasteiger partial charge in [0.25, 0.3) is 0 Å². The number of hydrogen-bond donors (Lipinski definition) is 3. The smallest absolute Gasteiger partial charge is 0.407 e. The van der Waals surface area contributed by atoms with Gasteiger partial charge in [0.05, 0.1) is 6.10 Å². The normalized spacial score (nSPS) is 25.9. The molecule has 3 N–H and O–H groups in total. The molecule has 2 saturated heterocycles. The lowest BCUT2D eigenvalue weighted by Crippen LogP contribution is -2.70. The van der Waals surface area contributed by atoms with Crippen molar-refractivity contribution in [3.63, 3.8) is 0 Å². The average Bonchev–Trinajstić information content (AvgIpc) is 3.57. The minimum atomic E-state index is -1.94. The van der Waals surface area contributed by atoms with Crippen LogP contribution < -0.4 is 10.6 Å². The molecule has 0 saturated carbocycles. The van der Waals surface area contributed by atoms with Crippen LogP contribution in [0.5, 0.6) is 0 Å². The molecule has 5 rings (SSSR count). The Morgan fingerprint density at radius 2 is 1.03 bits per heavy atom. The van der Waals surface area contributed by atoms with Crippen molar-refractivity contribution in [2.24, 2.45) is 0 Å². The summed E-state index contributed by atoms with van der Waals surface area (Å²) in [4.78, 5) is 114. The minimum Gasteiger partial charge on any atom is -0.480 e. The van der Waals surface area contributed by atoms with Crippen molar-refractivity contribution in [1.29, 1.82) is 0 Å². The molecule has 0 radical (unpaired) electrons. The zero-order chi connectivity index (χ0) is 50.0. The Kier molecular flexibility index (Phi) is 18.0. The topological polar surface area (TPSA) is 299 Å². The van der Waals surface area contributed by atoms with Gasteiger partial charge in [-0.25, -0.2) is 9.59 Å². The molecule has 0 aromatic heterocycles. The van der Waals surface area contributed by atoms with Crippen LogP contribution >= 0.6 is 0 Å². The highest BCUT2D eigenvalue weighted by Crippen LogP contribution is 2.44. The Morgan fingerprint density at radius 3 is 1.50 bits per heavy atom. The van der Waals surface area contributed by atoms with Crippen LogP contribution in [0.1, 0.15) is 72.4 Å². The van der Waals surface area contributed by atoms with Crippen LogP contribution in [0.4, 0.5) is 4.79 Å². The van der Waals surface area contributed by atoms with Crippen molar-refractivity contribution in [1.82, 2.24) is 10.6 Å².